The summed E-state index contributed by atoms with van der Waals surface area (Å²) in [4.78, 5) is 2.60. The van der Waals surface area contributed by atoms with Crippen LogP contribution in [0.2, 0.25) is 0 Å². The quantitative estimate of drug-likeness (QED) is 0.934. The van der Waals surface area contributed by atoms with Crippen molar-refractivity contribution in [1.82, 2.24) is 14.7 Å². The molecule has 2 aromatic rings. The molecule has 24 heavy (non-hydrogen) atoms. The van der Waals surface area contributed by atoms with Crippen LogP contribution in [0.15, 0.2) is 18.2 Å². The lowest BCUT2D eigenvalue weighted by molar-refractivity contribution is 0.230. The zero-order valence-corrected chi connectivity index (χ0v) is 14.9. The number of hydrogen-bond donors (Lipinski definition) is 1. The van der Waals surface area contributed by atoms with Crippen LogP contribution < -0.4 is 5.32 Å². The van der Waals surface area contributed by atoms with E-state index >= 15 is 0 Å². The molecule has 4 heteroatoms. The van der Waals surface area contributed by atoms with Crippen LogP contribution in [0.4, 0.5) is 5.82 Å². The number of fused-ring (bicyclic) bond motifs is 1. The Bertz CT molecular complexity index is 725. The average Bonchev–Trinajstić information content (AvgIpc) is 3.19. The third-order valence-electron chi connectivity index (χ3n) is 5.58. The van der Waals surface area contributed by atoms with Gasteiger partial charge in [0, 0.05) is 25.1 Å². The van der Waals surface area contributed by atoms with Crippen molar-refractivity contribution in [3.63, 3.8) is 0 Å². The zero-order chi connectivity index (χ0) is 16.5. The predicted octanol–water partition coefficient (Wildman–Crippen LogP) is 3.49. The van der Waals surface area contributed by atoms with Crippen LogP contribution >= 0.6 is 0 Å². The second-order valence-corrected chi connectivity index (χ2v) is 7.28. The van der Waals surface area contributed by atoms with Crippen LogP contribution in [0.1, 0.15) is 41.6 Å². The van der Waals surface area contributed by atoms with E-state index in [0.717, 1.165) is 25.9 Å². The Morgan fingerprint density at radius 3 is 2.71 bits per heavy atom. The summed E-state index contributed by atoms with van der Waals surface area (Å²) in [6.45, 7) is 9.05. The van der Waals surface area contributed by atoms with E-state index in [2.05, 4.69) is 46.9 Å². The molecule has 128 valence electrons. The Kier molecular flexibility index (Phi) is 4.31. The summed E-state index contributed by atoms with van der Waals surface area (Å²) < 4.78 is 2.13. The number of benzene rings is 1. The summed E-state index contributed by atoms with van der Waals surface area (Å²) in [5.74, 6) is 1.21. The zero-order valence-electron chi connectivity index (χ0n) is 14.9. The first kappa shape index (κ1) is 15.7. The Balaban J connectivity index is 1.58. The fourth-order valence-corrected chi connectivity index (χ4v) is 3.94. The normalized spacial score (nSPS) is 17.8. The van der Waals surface area contributed by atoms with Crippen LogP contribution in [0.3, 0.4) is 0 Å². The molecule has 1 saturated heterocycles. The molecule has 0 saturated carbocycles. The summed E-state index contributed by atoms with van der Waals surface area (Å²) in [6, 6.07) is 6.63. The number of anilines is 1. The predicted molar refractivity (Wildman–Crippen MR) is 99.2 cm³/mol. The van der Waals surface area contributed by atoms with E-state index < -0.39 is 0 Å². The molecule has 0 spiro atoms. The van der Waals surface area contributed by atoms with Gasteiger partial charge >= 0.3 is 0 Å². The Hall–Kier alpha value is -1.81. The molecule has 1 N–H and O–H groups in total. The van der Waals surface area contributed by atoms with Gasteiger partial charge in [-0.3, -0.25) is 0 Å². The Labute approximate surface area is 144 Å². The lowest BCUT2D eigenvalue weighted by Crippen LogP contribution is -2.31. The lowest BCUT2D eigenvalue weighted by Gasteiger charge is -2.26. The molecule has 2 aliphatic heterocycles. The van der Waals surface area contributed by atoms with Crippen molar-refractivity contribution in [3.8, 4) is 5.69 Å². The fourth-order valence-electron chi connectivity index (χ4n) is 3.94. The lowest BCUT2D eigenvalue weighted by atomic mass is 10.1. The maximum absolute atomic E-state index is 4.98. The van der Waals surface area contributed by atoms with Gasteiger partial charge in [0.15, 0.2) is 0 Å². The highest BCUT2D eigenvalue weighted by atomic mass is 15.3. The smallest absolute Gasteiger partial charge is 0.133 e. The summed E-state index contributed by atoms with van der Waals surface area (Å²) in [6.07, 6.45) is 6.29. The number of hydrogen-bond acceptors (Lipinski definition) is 3. The third-order valence-corrected chi connectivity index (χ3v) is 5.58. The maximum Gasteiger partial charge on any atom is 0.133 e. The van der Waals surface area contributed by atoms with Crippen molar-refractivity contribution in [2.75, 3.05) is 31.5 Å². The number of nitrogens with zero attached hydrogens (tertiary/aromatic N) is 3. The molecule has 0 bridgehead atoms. The molecule has 2 aliphatic rings. The molecule has 0 radical (unpaired) electrons. The molecular weight excluding hydrogens is 296 g/mol. The van der Waals surface area contributed by atoms with E-state index in [1.54, 1.807) is 0 Å². The topological polar surface area (TPSA) is 33.1 Å². The van der Waals surface area contributed by atoms with E-state index in [0.29, 0.717) is 0 Å². The Morgan fingerprint density at radius 2 is 1.92 bits per heavy atom. The number of aryl methyl sites for hydroxylation is 2. The van der Waals surface area contributed by atoms with Gasteiger partial charge < -0.3 is 10.2 Å². The van der Waals surface area contributed by atoms with Gasteiger partial charge in [0.1, 0.15) is 5.82 Å². The first-order valence-corrected chi connectivity index (χ1v) is 9.37. The van der Waals surface area contributed by atoms with Crippen molar-refractivity contribution in [2.24, 2.45) is 0 Å². The van der Waals surface area contributed by atoms with E-state index in [-0.39, 0.29) is 0 Å². The summed E-state index contributed by atoms with van der Waals surface area (Å²) >= 11 is 0. The summed E-state index contributed by atoms with van der Waals surface area (Å²) in [5, 5.41) is 8.53. The number of nitrogens with one attached hydrogen (secondary N) is 1. The highest BCUT2D eigenvalue weighted by Crippen LogP contribution is 2.29. The van der Waals surface area contributed by atoms with E-state index in [1.165, 1.54) is 66.2 Å². The average molecular weight is 324 g/mol. The fraction of sp³-hybridized carbons (Fsp3) is 0.550. The molecular formula is C20H28N4. The molecule has 0 atom stereocenters. The summed E-state index contributed by atoms with van der Waals surface area (Å²) in [7, 11) is 0. The molecule has 3 heterocycles. The van der Waals surface area contributed by atoms with Gasteiger partial charge in [0.25, 0.3) is 0 Å². The van der Waals surface area contributed by atoms with Crippen molar-refractivity contribution in [3.05, 3.63) is 40.6 Å². The standard InChI is InChI=1S/C20H28N4/c1-15-6-7-17(14-16(15)2)24-20-18(8-10-21-20)19(22-24)9-13-23-11-4-3-5-12-23/h6-7,14,21H,3-5,8-13H2,1-2H3. The molecule has 0 aliphatic carbocycles. The van der Waals surface area contributed by atoms with Crippen molar-refractivity contribution >= 4 is 5.82 Å². The van der Waals surface area contributed by atoms with Crippen LogP contribution in [-0.4, -0.2) is 40.9 Å². The minimum absolute atomic E-state index is 1.04. The van der Waals surface area contributed by atoms with Crippen LogP contribution in [0.25, 0.3) is 5.69 Å². The third kappa shape index (κ3) is 2.95. The van der Waals surface area contributed by atoms with Gasteiger partial charge in [-0.15, -0.1) is 0 Å². The monoisotopic (exact) mass is 324 g/mol. The van der Waals surface area contributed by atoms with Gasteiger partial charge in [0.05, 0.1) is 11.4 Å². The number of rotatable bonds is 4. The minimum atomic E-state index is 1.04. The molecule has 0 unspecified atom stereocenters. The van der Waals surface area contributed by atoms with Crippen LogP contribution in [0.5, 0.6) is 0 Å². The molecule has 1 aromatic carbocycles. The van der Waals surface area contributed by atoms with Gasteiger partial charge in [-0.05, 0) is 69.5 Å². The van der Waals surface area contributed by atoms with Crippen LogP contribution in [0, 0.1) is 13.8 Å². The van der Waals surface area contributed by atoms with E-state index in [4.69, 9.17) is 5.10 Å². The first-order valence-electron chi connectivity index (χ1n) is 9.37. The van der Waals surface area contributed by atoms with Gasteiger partial charge in [0.2, 0.25) is 0 Å². The summed E-state index contributed by atoms with van der Waals surface area (Å²) in [5.41, 5.74) is 6.56. The first-order chi connectivity index (χ1) is 11.7. The highest BCUT2D eigenvalue weighted by Gasteiger charge is 2.23. The van der Waals surface area contributed by atoms with Crippen molar-refractivity contribution in [2.45, 2.75) is 46.0 Å². The Morgan fingerprint density at radius 1 is 1.08 bits per heavy atom. The van der Waals surface area contributed by atoms with E-state index in [9.17, 15) is 0 Å². The second kappa shape index (κ2) is 6.60. The van der Waals surface area contributed by atoms with Crippen molar-refractivity contribution < 1.29 is 0 Å². The second-order valence-electron chi connectivity index (χ2n) is 7.28. The molecule has 0 amide bonds. The largest absolute Gasteiger partial charge is 0.369 e. The molecule has 1 fully saturated rings. The molecule has 4 nitrogen and oxygen atoms in total. The molecule has 4 rings (SSSR count). The maximum atomic E-state index is 4.98. The van der Waals surface area contributed by atoms with E-state index in [1.807, 2.05) is 0 Å². The van der Waals surface area contributed by atoms with Gasteiger partial charge in [-0.2, -0.15) is 5.10 Å². The minimum Gasteiger partial charge on any atom is -0.369 e. The highest BCUT2D eigenvalue weighted by molar-refractivity contribution is 5.57. The number of aromatic nitrogens is 2. The van der Waals surface area contributed by atoms with Gasteiger partial charge in [-0.25, -0.2) is 4.68 Å². The SMILES string of the molecule is Cc1ccc(-n2nc(CCN3CCCCC3)c3c2NCC3)cc1C. The number of likely N-dealkylation sites (tertiary alicyclic amines) is 1. The molecule has 1 aromatic heterocycles. The van der Waals surface area contributed by atoms with Crippen LogP contribution in [-0.2, 0) is 12.8 Å². The van der Waals surface area contributed by atoms with Crippen molar-refractivity contribution in [1.29, 1.82) is 0 Å². The van der Waals surface area contributed by atoms with Gasteiger partial charge in [-0.1, -0.05) is 12.5 Å². The number of piperidine rings is 1.